The summed E-state index contributed by atoms with van der Waals surface area (Å²) in [6.07, 6.45) is 4.44. The lowest BCUT2D eigenvalue weighted by Crippen LogP contribution is -1.96. The minimum absolute atomic E-state index is 0.603. The van der Waals surface area contributed by atoms with E-state index in [0.29, 0.717) is 11.5 Å². The molecule has 0 spiro atoms. The van der Waals surface area contributed by atoms with Crippen LogP contribution in [0.15, 0.2) is 42.6 Å². The van der Waals surface area contributed by atoms with Crippen LogP contribution in [0.25, 0.3) is 28.4 Å². The number of carboxylic acids is 1. The van der Waals surface area contributed by atoms with Gasteiger partial charge in [0, 0.05) is 35.8 Å². The van der Waals surface area contributed by atoms with Gasteiger partial charge in [0.1, 0.15) is 5.65 Å². The molecule has 0 amide bonds. The average molecular weight is 338 g/mol. The molecule has 6 heteroatoms. The predicted molar refractivity (Wildman–Crippen MR) is 95.9 cm³/mol. The largest absolute Gasteiger partial charge is 0.493 e. The molecule has 0 atom stereocenters. The molecular formula is C19H18N2O4. The van der Waals surface area contributed by atoms with Crippen LogP contribution in [-0.4, -0.2) is 34.8 Å². The third kappa shape index (κ3) is 2.94. The second kappa shape index (κ2) is 6.68. The number of ether oxygens (including phenoxy) is 2. The Morgan fingerprint density at radius 1 is 1.20 bits per heavy atom. The first kappa shape index (κ1) is 16.6. The van der Waals surface area contributed by atoms with Crippen LogP contribution in [0.1, 0.15) is 5.56 Å². The molecule has 128 valence electrons. The molecule has 0 aliphatic carbocycles. The standard InChI is InChI=1S/C19H18N2O4/c1-21-18(12-6-8-15(24-2)16(11-12)25-3)13(7-9-17(22)23)14-5-4-10-20-19(14)21/h4-11H,1-3H3,(H,22,23). The summed E-state index contributed by atoms with van der Waals surface area (Å²) in [6.45, 7) is 0. The highest BCUT2D eigenvalue weighted by Crippen LogP contribution is 2.37. The minimum atomic E-state index is -1.00. The zero-order valence-corrected chi connectivity index (χ0v) is 14.2. The summed E-state index contributed by atoms with van der Waals surface area (Å²) in [5, 5.41) is 9.90. The van der Waals surface area contributed by atoms with Crippen molar-refractivity contribution in [3.63, 3.8) is 0 Å². The molecule has 25 heavy (non-hydrogen) atoms. The number of pyridine rings is 1. The lowest BCUT2D eigenvalue weighted by atomic mass is 10.0. The number of hydrogen-bond donors (Lipinski definition) is 1. The van der Waals surface area contributed by atoms with Crippen molar-refractivity contribution in [3.05, 3.63) is 48.2 Å². The average Bonchev–Trinajstić information content (AvgIpc) is 2.91. The lowest BCUT2D eigenvalue weighted by Gasteiger charge is -2.11. The second-order valence-corrected chi connectivity index (χ2v) is 5.44. The highest BCUT2D eigenvalue weighted by atomic mass is 16.5. The number of carboxylic acid groups (broad SMARTS) is 1. The van der Waals surface area contributed by atoms with Crippen molar-refractivity contribution < 1.29 is 19.4 Å². The molecule has 0 unspecified atom stereocenters. The van der Waals surface area contributed by atoms with Gasteiger partial charge in [-0.25, -0.2) is 9.78 Å². The minimum Gasteiger partial charge on any atom is -0.493 e. The van der Waals surface area contributed by atoms with Crippen molar-refractivity contribution >= 4 is 23.1 Å². The Morgan fingerprint density at radius 2 is 1.96 bits per heavy atom. The van der Waals surface area contributed by atoms with Gasteiger partial charge >= 0.3 is 5.97 Å². The highest BCUT2D eigenvalue weighted by molar-refractivity contribution is 5.98. The molecule has 3 aromatic rings. The smallest absolute Gasteiger partial charge is 0.328 e. The third-order valence-electron chi connectivity index (χ3n) is 4.03. The summed E-state index contributed by atoms with van der Waals surface area (Å²) in [7, 11) is 5.06. The van der Waals surface area contributed by atoms with Crippen LogP contribution in [0.5, 0.6) is 11.5 Å². The first-order chi connectivity index (χ1) is 12.1. The van der Waals surface area contributed by atoms with E-state index in [9.17, 15) is 4.79 Å². The molecule has 1 aromatic carbocycles. The Morgan fingerprint density at radius 3 is 2.64 bits per heavy atom. The number of aryl methyl sites for hydroxylation is 1. The molecule has 1 N–H and O–H groups in total. The van der Waals surface area contributed by atoms with Crippen molar-refractivity contribution in [2.45, 2.75) is 0 Å². The van der Waals surface area contributed by atoms with Crippen LogP contribution in [0.3, 0.4) is 0 Å². The van der Waals surface area contributed by atoms with Crippen LogP contribution >= 0.6 is 0 Å². The Balaban J connectivity index is 2.30. The van der Waals surface area contributed by atoms with Crippen molar-refractivity contribution in [1.82, 2.24) is 9.55 Å². The quantitative estimate of drug-likeness (QED) is 0.722. The van der Waals surface area contributed by atoms with Crippen molar-refractivity contribution in [2.75, 3.05) is 14.2 Å². The SMILES string of the molecule is COc1ccc(-c2c(C=CC(=O)O)c3cccnc3n2C)cc1OC. The molecule has 0 bridgehead atoms. The summed E-state index contributed by atoms with van der Waals surface area (Å²) in [6, 6.07) is 9.36. The zero-order chi connectivity index (χ0) is 18.0. The number of benzene rings is 1. The summed E-state index contributed by atoms with van der Waals surface area (Å²) >= 11 is 0. The van der Waals surface area contributed by atoms with Gasteiger partial charge in [-0.15, -0.1) is 0 Å². The second-order valence-electron chi connectivity index (χ2n) is 5.44. The normalized spacial score (nSPS) is 11.2. The van der Waals surface area contributed by atoms with E-state index in [1.165, 1.54) is 0 Å². The maximum atomic E-state index is 11.0. The van der Waals surface area contributed by atoms with E-state index in [1.54, 1.807) is 26.5 Å². The summed E-state index contributed by atoms with van der Waals surface area (Å²) < 4.78 is 12.6. The van der Waals surface area contributed by atoms with E-state index in [4.69, 9.17) is 14.6 Å². The monoisotopic (exact) mass is 338 g/mol. The first-order valence-corrected chi connectivity index (χ1v) is 7.63. The molecule has 3 rings (SSSR count). The molecule has 6 nitrogen and oxygen atoms in total. The number of hydrogen-bond acceptors (Lipinski definition) is 4. The fraction of sp³-hybridized carbons (Fsp3) is 0.158. The Labute approximate surface area is 144 Å². The number of methoxy groups -OCH3 is 2. The number of aliphatic carboxylic acids is 1. The summed E-state index contributed by atoms with van der Waals surface area (Å²) in [5.74, 6) is 0.233. The molecule has 0 radical (unpaired) electrons. The fourth-order valence-electron chi connectivity index (χ4n) is 2.94. The third-order valence-corrected chi connectivity index (χ3v) is 4.03. The summed E-state index contributed by atoms with van der Waals surface area (Å²) in [4.78, 5) is 15.4. The Bertz CT molecular complexity index is 973. The summed E-state index contributed by atoms with van der Waals surface area (Å²) in [5.41, 5.74) is 3.30. The van der Waals surface area contributed by atoms with Crippen LogP contribution in [0.2, 0.25) is 0 Å². The van der Waals surface area contributed by atoms with E-state index < -0.39 is 5.97 Å². The van der Waals surface area contributed by atoms with Crippen molar-refractivity contribution in [3.8, 4) is 22.8 Å². The number of carbonyl (C=O) groups is 1. The Kier molecular flexibility index (Phi) is 4.43. The zero-order valence-electron chi connectivity index (χ0n) is 14.2. The van der Waals surface area contributed by atoms with Gasteiger partial charge in [-0.1, -0.05) is 0 Å². The number of nitrogens with zero attached hydrogens (tertiary/aromatic N) is 2. The van der Waals surface area contributed by atoms with Crippen molar-refractivity contribution in [2.24, 2.45) is 7.05 Å². The van der Waals surface area contributed by atoms with Crippen LogP contribution in [0, 0.1) is 0 Å². The van der Waals surface area contributed by atoms with E-state index in [2.05, 4.69) is 4.98 Å². The topological polar surface area (TPSA) is 73.6 Å². The van der Waals surface area contributed by atoms with Gasteiger partial charge in [0.2, 0.25) is 0 Å². The van der Waals surface area contributed by atoms with Gasteiger partial charge in [-0.3, -0.25) is 0 Å². The van der Waals surface area contributed by atoms with E-state index in [0.717, 1.165) is 33.9 Å². The Hall–Kier alpha value is -3.28. The number of rotatable bonds is 5. The number of aromatic nitrogens is 2. The molecular weight excluding hydrogens is 320 g/mol. The highest BCUT2D eigenvalue weighted by Gasteiger charge is 2.17. The fourth-order valence-corrected chi connectivity index (χ4v) is 2.94. The lowest BCUT2D eigenvalue weighted by molar-refractivity contribution is -0.131. The van der Waals surface area contributed by atoms with Gasteiger partial charge in [0.05, 0.1) is 19.9 Å². The molecule has 0 saturated carbocycles. The van der Waals surface area contributed by atoms with Gasteiger partial charge in [-0.2, -0.15) is 0 Å². The molecule has 0 aliphatic rings. The van der Waals surface area contributed by atoms with Crippen LogP contribution in [-0.2, 0) is 11.8 Å². The molecule has 2 heterocycles. The predicted octanol–water partition coefficient (Wildman–Crippen LogP) is 3.36. The maximum Gasteiger partial charge on any atom is 0.328 e. The van der Waals surface area contributed by atoms with Gasteiger partial charge in [-0.05, 0) is 36.4 Å². The molecule has 0 fully saturated rings. The van der Waals surface area contributed by atoms with Gasteiger partial charge in [0.25, 0.3) is 0 Å². The molecule has 2 aromatic heterocycles. The van der Waals surface area contributed by atoms with Gasteiger partial charge < -0.3 is 19.1 Å². The maximum absolute atomic E-state index is 11.0. The van der Waals surface area contributed by atoms with E-state index in [1.807, 2.05) is 41.9 Å². The molecule has 0 saturated heterocycles. The number of fused-ring (bicyclic) bond motifs is 1. The van der Waals surface area contributed by atoms with E-state index >= 15 is 0 Å². The van der Waals surface area contributed by atoms with E-state index in [-0.39, 0.29) is 0 Å². The van der Waals surface area contributed by atoms with Crippen LogP contribution in [0.4, 0.5) is 0 Å². The van der Waals surface area contributed by atoms with Crippen LogP contribution < -0.4 is 9.47 Å². The van der Waals surface area contributed by atoms with Gasteiger partial charge in [0.15, 0.2) is 11.5 Å². The van der Waals surface area contributed by atoms with Crippen molar-refractivity contribution in [1.29, 1.82) is 0 Å². The first-order valence-electron chi connectivity index (χ1n) is 7.63. The molecule has 0 aliphatic heterocycles.